The van der Waals surface area contributed by atoms with Crippen molar-refractivity contribution in [3.63, 3.8) is 0 Å². The second-order valence-electron chi connectivity index (χ2n) is 31.1. The lowest BCUT2D eigenvalue weighted by molar-refractivity contribution is -0.161. The molecule has 0 rings (SSSR count). The number of ether oxygens (including phenoxy) is 4. The van der Waals surface area contributed by atoms with Crippen molar-refractivity contribution in [1.82, 2.24) is 0 Å². The van der Waals surface area contributed by atoms with E-state index in [0.717, 1.165) is 95.8 Å². The maximum Gasteiger partial charge on any atom is 0.472 e. The highest BCUT2D eigenvalue weighted by Gasteiger charge is 2.30. The Morgan fingerprint density at radius 2 is 0.442 bits per heavy atom. The van der Waals surface area contributed by atoms with Gasteiger partial charge in [-0.05, 0) is 31.6 Å². The van der Waals surface area contributed by atoms with E-state index in [4.69, 9.17) is 37.0 Å². The van der Waals surface area contributed by atoms with Crippen molar-refractivity contribution in [2.24, 2.45) is 5.92 Å². The van der Waals surface area contributed by atoms with Crippen LogP contribution in [-0.2, 0) is 65.4 Å². The summed E-state index contributed by atoms with van der Waals surface area (Å²) in [6.45, 7) is 7.39. The fourth-order valence-corrected chi connectivity index (χ4v) is 14.9. The molecular weight excluding hydrogens is 1350 g/mol. The Morgan fingerprint density at radius 1 is 0.260 bits per heavy atom. The number of phosphoric ester groups is 2. The number of phosphoric acid groups is 2. The van der Waals surface area contributed by atoms with E-state index in [1.54, 1.807) is 0 Å². The number of esters is 4. The van der Waals surface area contributed by atoms with Crippen molar-refractivity contribution < 1.29 is 80.2 Å². The van der Waals surface area contributed by atoms with Gasteiger partial charge in [-0.25, -0.2) is 9.13 Å². The molecule has 0 aliphatic rings. The Morgan fingerprint density at radius 3 is 0.654 bits per heavy atom. The minimum atomic E-state index is -4.96. The van der Waals surface area contributed by atoms with Crippen molar-refractivity contribution >= 4 is 39.5 Å². The summed E-state index contributed by atoms with van der Waals surface area (Å²) in [5.41, 5.74) is 0. The molecule has 3 N–H and O–H groups in total. The molecule has 19 heteroatoms. The SMILES string of the molecule is CCCCCCCCCCCCCCCCCCCCCCC(=O)O[C@H](COC(=O)CCCCCCCCCCCCCCCCCC(C)C)COP(=O)(O)OC[C@@H](O)COP(=O)(O)OC[C@@H](COC(=O)CCCCCCCCCCCCCC)OC(=O)CCCCCCCCCCCCCCCC. The number of hydrogen-bond acceptors (Lipinski definition) is 15. The molecule has 0 aromatic rings. The number of carbonyl (C=O) groups excluding carboxylic acids is 4. The van der Waals surface area contributed by atoms with Crippen LogP contribution in [0, 0.1) is 5.92 Å². The number of unbranched alkanes of at least 4 members (excludes halogenated alkanes) is 57. The summed E-state index contributed by atoms with van der Waals surface area (Å²) in [5, 5.41) is 10.7. The highest BCUT2D eigenvalue weighted by molar-refractivity contribution is 7.47. The Hall–Kier alpha value is -1.94. The third-order valence-corrected chi connectivity index (χ3v) is 21.9. The third kappa shape index (κ3) is 78.2. The first-order valence-electron chi connectivity index (χ1n) is 44.1. The summed E-state index contributed by atoms with van der Waals surface area (Å²) in [6.07, 6.45) is 70.7. The van der Waals surface area contributed by atoms with Gasteiger partial charge in [0.2, 0.25) is 0 Å². The van der Waals surface area contributed by atoms with Gasteiger partial charge in [0.05, 0.1) is 26.4 Å². The number of rotatable bonds is 85. The highest BCUT2D eigenvalue weighted by atomic mass is 31.2. The van der Waals surface area contributed by atoms with Crippen molar-refractivity contribution in [2.75, 3.05) is 39.6 Å². The molecule has 17 nitrogen and oxygen atoms in total. The molecule has 0 saturated carbocycles. The van der Waals surface area contributed by atoms with Crippen LogP contribution < -0.4 is 0 Å². The molecular formula is C85H166O17P2. The number of aliphatic hydroxyl groups excluding tert-OH is 1. The monoisotopic (exact) mass is 1520 g/mol. The van der Waals surface area contributed by atoms with E-state index in [9.17, 15) is 43.2 Å². The molecule has 0 fully saturated rings. The van der Waals surface area contributed by atoms with Gasteiger partial charge in [0.1, 0.15) is 19.3 Å². The maximum absolute atomic E-state index is 13.1. The van der Waals surface area contributed by atoms with E-state index in [0.29, 0.717) is 25.7 Å². The molecule has 0 heterocycles. The van der Waals surface area contributed by atoms with Gasteiger partial charge in [0.25, 0.3) is 0 Å². The lowest BCUT2D eigenvalue weighted by Crippen LogP contribution is -2.30. The van der Waals surface area contributed by atoms with Gasteiger partial charge in [0.15, 0.2) is 12.2 Å². The lowest BCUT2D eigenvalue weighted by Gasteiger charge is -2.21. The Balaban J connectivity index is 5.24. The minimum Gasteiger partial charge on any atom is -0.462 e. The Kier molecular flexibility index (Phi) is 76.3. The summed E-state index contributed by atoms with van der Waals surface area (Å²) >= 11 is 0. The summed E-state index contributed by atoms with van der Waals surface area (Å²) in [5.74, 6) is -1.29. The van der Waals surface area contributed by atoms with Crippen LogP contribution in [0.3, 0.4) is 0 Å². The van der Waals surface area contributed by atoms with Crippen molar-refractivity contribution in [2.45, 2.75) is 477 Å². The highest BCUT2D eigenvalue weighted by Crippen LogP contribution is 2.45. The van der Waals surface area contributed by atoms with Crippen LogP contribution in [0.5, 0.6) is 0 Å². The van der Waals surface area contributed by atoms with E-state index in [1.807, 2.05) is 0 Å². The van der Waals surface area contributed by atoms with E-state index < -0.39 is 97.5 Å². The van der Waals surface area contributed by atoms with Crippen molar-refractivity contribution in [3.8, 4) is 0 Å². The molecule has 0 radical (unpaired) electrons. The molecule has 0 amide bonds. The molecule has 0 aromatic heterocycles. The first kappa shape index (κ1) is 102. The van der Waals surface area contributed by atoms with E-state index >= 15 is 0 Å². The van der Waals surface area contributed by atoms with Gasteiger partial charge in [-0.1, -0.05) is 407 Å². The molecule has 0 aromatic carbocycles. The Labute approximate surface area is 638 Å². The minimum absolute atomic E-state index is 0.109. The van der Waals surface area contributed by atoms with Gasteiger partial charge in [-0.2, -0.15) is 0 Å². The average molecular weight is 1520 g/mol. The maximum atomic E-state index is 13.1. The molecule has 2 unspecified atom stereocenters. The van der Waals surface area contributed by atoms with E-state index in [1.165, 1.54) is 283 Å². The van der Waals surface area contributed by atoms with Gasteiger partial charge in [-0.15, -0.1) is 0 Å². The van der Waals surface area contributed by atoms with Crippen LogP contribution in [0.1, 0.15) is 458 Å². The van der Waals surface area contributed by atoms with Crippen LogP contribution in [0.25, 0.3) is 0 Å². The van der Waals surface area contributed by atoms with Crippen LogP contribution in [0.15, 0.2) is 0 Å². The van der Waals surface area contributed by atoms with Crippen LogP contribution in [0.4, 0.5) is 0 Å². The zero-order chi connectivity index (χ0) is 76.2. The second kappa shape index (κ2) is 77.8. The van der Waals surface area contributed by atoms with Crippen molar-refractivity contribution in [1.29, 1.82) is 0 Å². The van der Waals surface area contributed by atoms with Gasteiger partial charge in [0, 0.05) is 25.7 Å². The summed E-state index contributed by atoms with van der Waals surface area (Å²) in [7, 11) is -9.92. The largest absolute Gasteiger partial charge is 0.472 e. The molecule has 618 valence electrons. The molecule has 0 spiro atoms. The van der Waals surface area contributed by atoms with Gasteiger partial charge < -0.3 is 33.8 Å². The molecule has 0 aliphatic carbocycles. The smallest absolute Gasteiger partial charge is 0.462 e. The van der Waals surface area contributed by atoms with Gasteiger partial charge >= 0.3 is 39.5 Å². The van der Waals surface area contributed by atoms with Gasteiger partial charge in [-0.3, -0.25) is 37.3 Å². The predicted octanol–water partition coefficient (Wildman–Crippen LogP) is 26.0. The summed E-state index contributed by atoms with van der Waals surface area (Å²) in [6, 6.07) is 0. The summed E-state index contributed by atoms with van der Waals surface area (Å²) < 4.78 is 68.9. The van der Waals surface area contributed by atoms with Crippen molar-refractivity contribution in [3.05, 3.63) is 0 Å². The topological polar surface area (TPSA) is 237 Å². The number of hydrogen-bond donors (Lipinski definition) is 3. The lowest BCUT2D eigenvalue weighted by atomic mass is 10.0. The molecule has 0 bridgehead atoms. The molecule has 104 heavy (non-hydrogen) atoms. The summed E-state index contributed by atoms with van der Waals surface area (Å²) in [4.78, 5) is 73.2. The average Bonchev–Trinajstić information content (AvgIpc) is 0.903. The fourth-order valence-electron chi connectivity index (χ4n) is 13.3. The normalized spacial score (nSPS) is 13.8. The van der Waals surface area contributed by atoms with Crippen LogP contribution >= 0.6 is 15.6 Å². The predicted molar refractivity (Wildman–Crippen MR) is 428 cm³/mol. The number of carbonyl (C=O) groups is 4. The first-order chi connectivity index (χ1) is 50.5. The zero-order valence-corrected chi connectivity index (χ0v) is 70.0. The molecule has 5 atom stereocenters. The fraction of sp³-hybridized carbons (Fsp3) is 0.953. The Bertz CT molecular complexity index is 1980. The quantitative estimate of drug-likeness (QED) is 0.0222. The standard InChI is InChI=1S/C85H166O17P2/c1-6-9-12-15-18-21-24-27-29-30-31-32-33-36-41-46-51-56-61-66-71-85(90)102-81(75-96-83(88)69-64-59-54-49-44-40-37-34-35-38-42-47-52-57-62-67-78(4)5)77-100-104(93,94)98-73-79(86)72-97-103(91,92)99-76-80(74-95-82(87)68-63-58-53-48-43-26-23-20-17-14-11-8-3)101-84(89)70-65-60-55-50-45-39-28-25-22-19-16-13-10-7-2/h78-81,86H,6-77H2,1-5H3,(H,91,92)(H,93,94)/t79-,80+,81+/m0/s1. The van der Waals surface area contributed by atoms with Crippen LogP contribution in [0.2, 0.25) is 0 Å². The third-order valence-electron chi connectivity index (χ3n) is 20.0. The second-order valence-corrected chi connectivity index (χ2v) is 34.0. The van der Waals surface area contributed by atoms with Crippen LogP contribution in [-0.4, -0.2) is 96.7 Å². The molecule has 0 saturated heterocycles. The number of aliphatic hydroxyl groups is 1. The van der Waals surface area contributed by atoms with E-state index in [2.05, 4.69) is 34.6 Å². The first-order valence-corrected chi connectivity index (χ1v) is 47.1. The van der Waals surface area contributed by atoms with E-state index in [-0.39, 0.29) is 25.7 Å². The zero-order valence-electron chi connectivity index (χ0n) is 68.2. The molecule has 0 aliphatic heterocycles.